The number of benzene rings is 1. The summed E-state index contributed by atoms with van der Waals surface area (Å²) in [5.74, 6) is -0.652. The molecule has 8 heteroatoms. The van der Waals surface area contributed by atoms with Crippen LogP contribution >= 0.6 is 0 Å². The fourth-order valence-corrected chi connectivity index (χ4v) is 3.06. The third kappa shape index (κ3) is 4.81. The molecular weight excluding hydrogens is 394 g/mol. The van der Waals surface area contributed by atoms with Crippen LogP contribution in [-0.2, 0) is 17.8 Å². The Labute approximate surface area is 177 Å². The van der Waals surface area contributed by atoms with Gasteiger partial charge in [-0.1, -0.05) is 30.3 Å². The van der Waals surface area contributed by atoms with E-state index < -0.39 is 5.56 Å². The van der Waals surface area contributed by atoms with Crippen LogP contribution in [0.25, 0.3) is 5.65 Å². The highest BCUT2D eigenvalue weighted by Crippen LogP contribution is 2.07. The lowest BCUT2D eigenvalue weighted by Gasteiger charge is -2.09. The Morgan fingerprint density at radius 3 is 2.48 bits per heavy atom. The van der Waals surface area contributed by atoms with Gasteiger partial charge in [-0.05, 0) is 35.4 Å². The Morgan fingerprint density at radius 1 is 0.935 bits per heavy atom. The minimum Gasteiger partial charge on any atom is -0.348 e. The van der Waals surface area contributed by atoms with E-state index in [9.17, 15) is 14.4 Å². The summed E-state index contributed by atoms with van der Waals surface area (Å²) in [5, 5.41) is 5.41. The number of nitrogens with one attached hydrogen (secondary N) is 2. The molecule has 0 aliphatic rings. The Kier molecular flexibility index (Phi) is 5.79. The van der Waals surface area contributed by atoms with Crippen molar-refractivity contribution in [2.45, 2.75) is 13.0 Å². The predicted octanol–water partition coefficient (Wildman–Crippen LogP) is 2.20. The summed E-state index contributed by atoms with van der Waals surface area (Å²) in [7, 11) is 0. The standard InChI is InChI=1S/C23H19N5O3/c29-21(12-16-4-2-1-3-5-16)27-19-14-25-20-7-6-18(15-28(20)23(19)31)22(30)26-13-17-8-10-24-11-9-17/h1-11,14-15H,12-13H2,(H,26,30)(H,27,29). The van der Waals surface area contributed by atoms with Crippen molar-refractivity contribution in [3.05, 3.63) is 106 Å². The Balaban J connectivity index is 1.51. The van der Waals surface area contributed by atoms with Crippen molar-refractivity contribution in [3.63, 3.8) is 0 Å². The molecule has 0 fully saturated rings. The quantitative estimate of drug-likeness (QED) is 0.504. The smallest absolute Gasteiger partial charge is 0.281 e. The van der Waals surface area contributed by atoms with Crippen molar-refractivity contribution in [2.24, 2.45) is 0 Å². The van der Waals surface area contributed by atoms with Gasteiger partial charge < -0.3 is 10.6 Å². The lowest BCUT2D eigenvalue weighted by Crippen LogP contribution is -2.26. The van der Waals surface area contributed by atoms with Crippen molar-refractivity contribution in [3.8, 4) is 0 Å². The molecule has 0 saturated carbocycles. The van der Waals surface area contributed by atoms with Gasteiger partial charge in [-0.2, -0.15) is 0 Å². The van der Waals surface area contributed by atoms with Gasteiger partial charge >= 0.3 is 0 Å². The molecule has 0 aliphatic heterocycles. The number of amides is 2. The number of carbonyl (C=O) groups excluding carboxylic acids is 2. The number of aromatic nitrogens is 3. The number of nitrogens with zero attached hydrogens (tertiary/aromatic N) is 3. The molecule has 0 bridgehead atoms. The van der Waals surface area contributed by atoms with Gasteiger partial charge in [0.2, 0.25) is 5.91 Å². The second-order valence-electron chi connectivity index (χ2n) is 6.87. The van der Waals surface area contributed by atoms with Crippen LogP contribution in [-0.4, -0.2) is 26.2 Å². The van der Waals surface area contributed by atoms with E-state index in [4.69, 9.17) is 0 Å². The van der Waals surface area contributed by atoms with E-state index in [2.05, 4.69) is 20.6 Å². The maximum atomic E-state index is 12.8. The summed E-state index contributed by atoms with van der Waals surface area (Å²) in [4.78, 5) is 45.8. The zero-order valence-corrected chi connectivity index (χ0v) is 16.5. The van der Waals surface area contributed by atoms with E-state index in [1.54, 1.807) is 36.7 Å². The second-order valence-corrected chi connectivity index (χ2v) is 6.87. The molecule has 0 saturated heterocycles. The Bertz CT molecular complexity index is 1290. The normalized spacial score (nSPS) is 10.6. The van der Waals surface area contributed by atoms with Crippen LogP contribution in [0.5, 0.6) is 0 Å². The van der Waals surface area contributed by atoms with Gasteiger partial charge in [0.1, 0.15) is 11.3 Å². The molecule has 3 aromatic heterocycles. The summed E-state index contributed by atoms with van der Waals surface area (Å²) >= 11 is 0. The molecule has 2 N–H and O–H groups in total. The lowest BCUT2D eigenvalue weighted by molar-refractivity contribution is -0.115. The molecule has 3 heterocycles. The number of fused-ring (bicyclic) bond motifs is 1. The highest BCUT2D eigenvalue weighted by Gasteiger charge is 2.12. The van der Waals surface area contributed by atoms with Crippen LogP contribution in [0.4, 0.5) is 5.69 Å². The molecule has 0 aliphatic carbocycles. The minimum atomic E-state index is -0.463. The van der Waals surface area contributed by atoms with Crippen molar-refractivity contribution in [2.75, 3.05) is 5.32 Å². The summed E-state index contributed by atoms with van der Waals surface area (Å²) in [6.07, 6.45) is 6.18. The Morgan fingerprint density at radius 2 is 1.71 bits per heavy atom. The molecule has 31 heavy (non-hydrogen) atoms. The first-order chi connectivity index (χ1) is 15.1. The van der Waals surface area contributed by atoms with Gasteiger partial charge in [-0.15, -0.1) is 0 Å². The average Bonchev–Trinajstić information content (AvgIpc) is 2.80. The highest BCUT2D eigenvalue weighted by molar-refractivity contribution is 5.94. The fraction of sp³-hybridized carbons (Fsp3) is 0.0870. The molecule has 4 rings (SSSR count). The van der Waals surface area contributed by atoms with Gasteiger partial charge in [0.25, 0.3) is 11.5 Å². The number of hydrogen-bond donors (Lipinski definition) is 2. The summed E-state index contributed by atoms with van der Waals surface area (Å²) in [6, 6.07) is 16.0. The second kappa shape index (κ2) is 9.00. The third-order valence-corrected chi connectivity index (χ3v) is 4.65. The molecule has 154 valence electrons. The zero-order valence-electron chi connectivity index (χ0n) is 16.5. The van der Waals surface area contributed by atoms with Gasteiger partial charge in [0.15, 0.2) is 0 Å². The predicted molar refractivity (Wildman–Crippen MR) is 116 cm³/mol. The number of anilines is 1. The number of carbonyl (C=O) groups is 2. The number of pyridine rings is 2. The summed E-state index contributed by atoms with van der Waals surface area (Å²) in [5.41, 5.74) is 2.01. The lowest BCUT2D eigenvalue weighted by atomic mass is 10.1. The number of rotatable bonds is 6. The van der Waals surface area contributed by atoms with E-state index in [0.717, 1.165) is 11.1 Å². The zero-order chi connectivity index (χ0) is 21.6. The van der Waals surface area contributed by atoms with Crippen molar-refractivity contribution in [1.82, 2.24) is 19.7 Å². The summed E-state index contributed by atoms with van der Waals surface area (Å²) < 4.78 is 1.25. The van der Waals surface area contributed by atoms with Gasteiger partial charge in [0, 0.05) is 25.1 Å². The van der Waals surface area contributed by atoms with E-state index >= 15 is 0 Å². The van der Waals surface area contributed by atoms with Crippen LogP contribution in [0.2, 0.25) is 0 Å². The van der Waals surface area contributed by atoms with E-state index in [-0.39, 0.29) is 23.9 Å². The van der Waals surface area contributed by atoms with E-state index in [1.807, 2.05) is 30.3 Å². The van der Waals surface area contributed by atoms with E-state index in [1.165, 1.54) is 16.8 Å². The maximum absolute atomic E-state index is 12.8. The molecule has 0 radical (unpaired) electrons. The van der Waals surface area contributed by atoms with Crippen LogP contribution in [0.1, 0.15) is 21.5 Å². The van der Waals surface area contributed by atoms with E-state index in [0.29, 0.717) is 17.8 Å². The Hall–Kier alpha value is -4.33. The van der Waals surface area contributed by atoms with Crippen molar-refractivity contribution >= 4 is 23.1 Å². The van der Waals surface area contributed by atoms with Crippen LogP contribution in [0, 0.1) is 0 Å². The molecular formula is C23H19N5O3. The first-order valence-corrected chi connectivity index (χ1v) is 9.62. The molecule has 4 aromatic rings. The molecule has 2 amide bonds. The largest absolute Gasteiger partial charge is 0.348 e. The SMILES string of the molecule is O=C(Cc1ccccc1)Nc1cnc2ccc(C(=O)NCc3ccncc3)cn2c1=O. The van der Waals surface area contributed by atoms with Crippen LogP contribution in [0.3, 0.4) is 0 Å². The topological polar surface area (TPSA) is 105 Å². The third-order valence-electron chi connectivity index (χ3n) is 4.65. The molecule has 1 aromatic carbocycles. The maximum Gasteiger partial charge on any atom is 0.281 e. The molecule has 8 nitrogen and oxygen atoms in total. The van der Waals surface area contributed by atoms with Crippen LogP contribution < -0.4 is 16.2 Å². The molecule has 0 atom stereocenters. The minimum absolute atomic E-state index is 0.0489. The molecule has 0 spiro atoms. The fourth-order valence-electron chi connectivity index (χ4n) is 3.06. The van der Waals surface area contributed by atoms with Gasteiger partial charge in [-0.3, -0.25) is 23.8 Å². The van der Waals surface area contributed by atoms with Crippen molar-refractivity contribution < 1.29 is 9.59 Å². The van der Waals surface area contributed by atoms with Gasteiger partial charge in [0.05, 0.1) is 18.2 Å². The van der Waals surface area contributed by atoms with Crippen LogP contribution in [0.15, 0.2) is 84.2 Å². The van der Waals surface area contributed by atoms with Crippen molar-refractivity contribution in [1.29, 1.82) is 0 Å². The monoisotopic (exact) mass is 413 g/mol. The average molecular weight is 413 g/mol. The first kappa shape index (κ1) is 20.0. The molecule has 0 unspecified atom stereocenters. The summed E-state index contributed by atoms with van der Waals surface area (Å²) in [6.45, 7) is 0.335. The first-order valence-electron chi connectivity index (χ1n) is 9.62. The highest BCUT2D eigenvalue weighted by atomic mass is 16.2. The number of hydrogen-bond acceptors (Lipinski definition) is 5. The van der Waals surface area contributed by atoms with Gasteiger partial charge in [-0.25, -0.2) is 4.98 Å².